The molecule has 0 spiro atoms. The molecule has 0 aromatic heterocycles. The van der Waals surface area contributed by atoms with Crippen molar-refractivity contribution in [2.75, 3.05) is 20.2 Å². The number of methoxy groups -OCH3 is 1. The Labute approximate surface area is 164 Å². The highest BCUT2D eigenvalue weighted by Gasteiger charge is 2.50. The number of rotatable bonds is 4. The van der Waals surface area contributed by atoms with Crippen molar-refractivity contribution in [3.8, 4) is 0 Å². The van der Waals surface area contributed by atoms with Crippen molar-refractivity contribution in [3.05, 3.63) is 35.4 Å². The van der Waals surface area contributed by atoms with Gasteiger partial charge in [0.15, 0.2) is 0 Å². The molecule has 3 fully saturated rings. The highest BCUT2D eigenvalue weighted by Crippen LogP contribution is 2.39. The molecule has 150 valence electrons. The fraction of sp³-hybridized carbons (Fsp3) is 0.571. The van der Waals surface area contributed by atoms with Crippen LogP contribution >= 0.6 is 0 Å². The predicted octanol–water partition coefficient (Wildman–Crippen LogP) is 1.08. The molecule has 4 rings (SSSR count). The van der Waals surface area contributed by atoms with E-state index in [2.05, 4.69) is 10.6 Å². The quantitative estimate of drug-likeness (QED) is 0.758. The molecule has 3 aliphatic heterocycles. The van der Waals surface area contributed by atoms with Crippen molar-refractivity contribution >= 4 is 17.8 Å². The molecular formula is C21H27N3O4. The average Bonchev–Trinajstić information content (AvgIpc) is 2.73. The van der Waals surface area contributed by atoms with Crippen LogP contribution in [0.15, 0.2) is 24.3 Å². The second-order valence-electron chi connectivity index (χ2n) is 8.03. The lowest BCUT2D eigenvalue weighted by Gasteiger charge is -2.53. The van der Waals surface area contributed by atoms with Crippen molar-refractivity contribution < 1.29 is 19.1 Å². The number of amides is 2. The van der Waals surface area contributed by atoms with Crippen LogP contribution in [0.3, 0.4) is 0 Å². The van der Waals surface area contributed by atoms with E-state index >= 15 is 0 Å². The van der Waals surface area contributed by atoms with Gasteiger partial charge in [-0.25, -0.2) is 4.79 Å². The maximum atomic E-state index is 13.1. The fourth-order valence-electron chi connectivity index (χ4n) is 5.02. The van der Waals surface area contributed by atoms with Crippen LogP contribution in [0.25, 0.3) is 0 Å². The molecule has 0 aliphatic carbocycles. The van der Waals surface area contributed by atoms with Crippen molar-refractivity contribution in [2.45, 2.75) is 44.3 Å². The van der Waals surface area contributed by atoms with Crippen molar-refractivity contribution in [1.82, 2.24) is 15.5 Å². The van der Waals surface area contributed by atoms with E-state index in [0.717, 1.165) is 37.9 Å². The lowest BCUT2D eigenvalue weighted by molar-refractivity contribution is -0.157. The van der Waals surface area contributed by atoms with Gasteiger partial charge in [-0.1, -0.05) is 12.1 Å². The lowest BCUT2D eigenvalue weighted by Crippen LogP contribution is -2.67. The molecule has 3 heterocycles. The number of esters is 1. The molecule has 3 aliphatic rings. The van der Waals surface area contributed by atoms with Gasteiger partial charge in [-0.3, -0.25) is 9.59 Å². The van der Waals surface area contributed by atoms with Gasteiger partial charge in [0.1, 0.15) is 6.04 Å². The minimum Gasteiger partial charge on any atom is -0.465 e. The Morgan fingerprint density at radius 2 is 1.96 bits per heavy atom. The van der Waals surface area contributed by atoms with Gasteiger partial charge < -0.3 is 20.3 Å². The van der Waals surface area contributed by atoms with Gasteiger partial charge in [-0.2, -0.15) is 0 Å². The number of fused-ring (bicyclic) bond motifs is 4. The zero-order chi connectivity index (χ0) is 19.7. The zero-order valence-electron chi connectivity index (χ0n) is 16.1. The molecule has 2 N–H and O–H groups in total. The molecule has 28 heavy (non-hydrogen) atoms. The first-order valence-corrected chi connectivity index (χ1v) is 10.1. The van der Waals surface area contributed by atoms with Crippen LogP contribution in [0.4, 0.5) is 0 Å². The largest absolute Gasteiger partial charge is 0.465 e. The van der Waals surface area contributed by atoms with Crippen LogP contribution in [0.5, 0.6) is 0 Å². The molecule has 0 radical (unpaired) electrons. The first-order valence-electron chi connectivity index (χ1n) is 10.1. The van der Waals surface area contributed by atoms with Gasteiger partial charge in [0.05, 0.1) is 12.7 Å². The smallest absolute Gasteiger partial charge is 0.337 e. The first-order chi connectivity index (χ1) is 13.6. The van der Waals surface area contributed by atoms with E-state index in [0.29, 0.717) is 24.4 Å². The lowest BCUT2D eigenvalue weighted by atomic mass is 9.72. The summed E-state index contributed by atoms with van der Waals surface area (Å²) in [5.74, 6) is 0.281. The summed E-state index contributed by atoms with van der Waals surface area (Å²) in [6, 6.07) is 6.78. The number of benzene rings is 1. The molecule has 7 nitrogen and oxygen atoms in total. The summed E-state index contributed by atoms with van der Waals surface area (Å²) in [5.41, 5.74) is 1.38. The Morgan fingerprint density at radius 1 is 1.21 bits per heavy atom. The van der Waals surface area contributed by atoms with E-state index < -0.39 is 6.04 Å². The molecule has 2 bridgehead atoms. The van der Waals surface area contributed by atoms with E-state index in [1.165, 1.54) is 7.11 Å². The second kappa shape index (κ2) is 7.91. The number of nitrogens with zero attached hydrogens (tertiary/aromatic N) is 1. The third-order valence-electron chi connectivity index (χ3n) is 6.36. The van der Waals surface area contributed by atoms with Crippen LogP contribution in [0.1, 0.15) is 41.6 Å². The summed E-state index contributed by atoms with van der Waals surface area (Å²) in [6.07, 6.45) is 3.46. The number of ether oxygens (including phenoxy) is 1. The fourth-order valence-corrected chi connectivity index (χ4v) is 5.02. The van der Waals surface area contributed by atoms with E-state index in [9.17, 15) is 14.4 Å². The maximum absolute atomic E-state index is 13.1. The number of hydrogen-bond acceptors (Lipinski definition) is 5. The summed E-state index contributed by atoms with van der Waals surface area (Å²) in [7, 11) is 1.35. The normalized spacial score (nSPS) is 29.0. The third-order valence-corrected chi connectivity index (χ3v) is 6.36. The number of carbonyl (C=O) groups excluding carboxylic acids is 3. The minimum absolute atomic E-state index is 0.0792. The van der Waals surface area contributed by atoms with Gasteiger partial charge in [0, 0.05) is 31.5 Å². The van der Waals surface area contributed by atoms with Gasteiger partial charge in [-0.15, -0.1) is 0 Å². The zero-order valence-corrected chi connectivity index (χ0v) is 16.1. The first kappa shape index (κ1) is 18.9. The van der Waals surface area contributed by atoms with Crippen LogP contribution in [-0.2, 0) is 20.9 Å². The maximum Gasteiger partial charge on any atom is 0.337 e. The molecule has 2 amide bonds. The van der Waals surface area contributed by atoms with E-state index in [1.807, 2.05) is 4.90 Å². The molecule has 4 atom stereocenters. The topological polar surface area (TPSA) is 87.7 Å². The number of nitrogens with one attached hydrogen (secondary N) is 2. The summed E-state index contributed by atoms with van der Waals surface area (Å²) in [4.78, 5) is 39.2. The molecule has 1 aromatic carbocycles. The van der Waals surface area contributed by atoms with Crippen molar-refractivity contribution in [2.24, 2.45) is 11.8 Å². The molecule has 1 aromatic rings. The monoisotopic (exact) mass is 385 g/mol. The number of carbonyl (C=O) groups is 3. The Morgan fingerprint density at radius 3 is 2.71 bits per heavy atom. The molecule has 0 unspecified atom stereocenters. The minimum atomic E-state index is -0.392. The molecule has 7 heteroatoms. The van der Waals surface area contributed by atoms with Gasteiger partial charge in [0.2, 0.25) is 11.8 Å². The van der Waals surface area contributed by atoms with E-state index in [4.69, 9.17) is 4.74 Å². The predicted molar refractivity (Wildman–Crippen MR) is 102 cm³/mol. The van der Waals surface area contributed by atoms with E-state index in [1.54, 1.807) is 24.3 Å². The Balaban J connectivity index is 1.45. The summed E-state index contributed by atoms with van der Waals surface area (Å²) in [6.45, 7) is 2.08. The summed E-state index contributed by atoms with van der Waals surface area (Å²) >= 11 is 0. The highest BCUT2D eigenvalue weighted by molar-refractivity contribution is 5.90. The van der Waals surface area contributed by atoms with Gasteiger partial charge in [-0.05, 0) is 49.4 Å². The molecular weight excluding hydrogens is 358 g/mol. The van der Waals surface area contributed by atoms with Crippen LogP contribution in [0.2, 0.25) is 0 Å². The Hall–Kier alpha value is -2.41. The number of piperidine rings is 3. The van der Waals surface area contributed by atoms with Crippen LogP contribution in [-0.4, -0.2) is 55.0 Å². The van der Waals surface area contributed by atoms with Crippen LogP contribution < -0.4 is 10.6 Å². The van der Waals surface area contributed by atoms with E-state index in [-0.39, 0.29) is 29.7 Å². The molecule has 0 saturated carbocycles. The van der Waals surface area contributed by atoms with Crippen molar-refractivity contribution in [1.29, 1.82) is 0 Å². The summed E-state index contributed by atoms with van der Waals surface area (Å²) < 4.78 is 4.70. The van der Waals surface area contributed by atoms with Crippen molar-refractivity contribution in [3.63, 3.8) is 0 Å². The SMILES string of the molecule is COC(=O)c1ccc(CNC(=O)[C@H]2[C@@H]3CNC[C@@H](C3)[C@@H]3CCCC(=O)N32)cc1. The average molecular weight is 385 g/mol. The van der Waals surface area contributed by atoms with Crippen LogP contribution in [0, 0.1) is 11.8 Å². The van der Waals surface area contributed by atoms with Gasteiger partial charge in [0.25, 0.3) is 0 Å². The standard InChI is InChI=1S/C21H27N3O4/c1-28-21(27)14-7-5-13(6-8-14)10-23-20(26)19-16-9-15(11-22-12-16)17-3-2-4-18(25)24(17)19/h5-8,15-17,19,22H,2-4,9-12H2,1H3,(H,23,26)/t15-,16+,17+,19-/m1/s1. The third kappa shape index (κ3) is 3.51. The summed E-state index contributed by atoms with van der Waals surface area (Å²) in [5, 5.41) is 6.47. The molecule has 3 saturated heterocycles. The number of hydrogen-bond donors (Lipinski definition) is 2. The second-order valence-corrected chi connectivity index (χ2v) is 8.03. The van der Waals surface area contributed by atoms with Gasteiger partial charge >= 0.3 is 5.97 Å². The highest BCUT2D eigenvalue weighted by atomic mass is 16.5. The Kier molecular flexibility index (Phi) is 5.35. The Bertz CT molecular complexity index is 763.